The van der Waals surface area contributed by atoms with Crippen molar-refractivity contribution in [1.29, 1.82) is 0 Å². The van der Waals surface area contributed by atoms with Crippen LogP contribution in [0.5, 0.6) is 0 Å². The van der Waals surface area contributed by atoms with Gasteiger partial charge in [0.2, 0.25) is 16.6 Å². The lowest BCUT2D eigenvalue weighted by molar-refractivity contribution is 0.287. The molecule has 0 aliphatic heterocycles. The average molecular weight is 451 g/mol. The molecule has 0 atom stereocenters. The smallest absolute Gasteiger partial charge is 0.229 e. The van der Waals surface area contributed by atoms with Crippen LogP contribution in [0.1, 0.15) is 94.9 Å². The third-order valence-electron chi connectivity index (χ3n) is 6.90. The number of hydrogen-bond donors (Lipinski definition) is 0. The lowest BCUT2D eigenvalue weighted by Crippen LogP contribution is -2.59. The van der Waals surface area contributed by atoms with Gasteiger partial charge in [-0.05, 0) is 45.4 Å². The van der Waals surface area contributed by atoms with Gasteiger partial charge >= 0.3 is 0 Å². The van der Waals surface area contributed by atoms with Gasteiger partial charge in [-0.1, -0.05) is 106 Å². The highest BCUT2D eigenvalue weighted by Gasteiger charge is 2.46. The number of hydrogen-bond acceptors (Lipinski definition) is 2. The average Bonchev–Trinajstić information content (AvgIpc) is 2.68. The Morgan fingerprint density at radius 3 is 1.03 bits per heavy atom. The first-order valence-electron chi connectivity index (χ1n) is 12.5. The minimum absolute atomic E-state index is 0.554. The summed E-state index contributed by atoms with van der Waals surface area (Å²) in [4.78, 5) is 0. The SMILES string of the molecule is CCCCO[Si](c1ccc([Si](OCCCC)(C(C)C)C(C)C)cc1)(C(C)C)C(C)C. The molecule has 0 saturated heterocycles. The monoisotopic (exact) mass is 450 g/mol. The summed E-state index contributed by atoms with van der Waals surface area (Å²) in [6, 6.07) is 9.62. The van der Waals surface area contributed by atoms with Gasteiger partial charge < -0.3 is 8.85 Å². The summed E-state index contributed by atoms with van der Waals surface area (Å²) < 4.78 is 13.6. The maximum absolute atomic E-state index is 6.80. The van der Waals surface area contributed by atoms with Gasteiger partial charge in [0.15, 0.2) is 0 Å². The van der Waals surface area contributed by atoms with E-state index in [0.29, 0.717) is 22.2 Å². The van der Waals surface area contributed by atoms with Crippen LogP contribution in [-0.4, -0.2) is 29.8 Å². The molecule has 174 valence electrons. The molecule has 4 heteroatoms. The molecule has 0 N–H and O–H groups in total. The molecule has 1 aromatic carbocycles. The Morgan fingerprint density at radius 1 is 0.567 bits per heavy atom. The highest BCUT2D eigenvalue weighted by molar-refractivity contribution is 6.90. The van der Waals surface area contributed by atoms with Crippen LogP contribution in [-0.2, 0) is 8.85 Å². The molecular formula is C26H50O2Si2. The van der Waals surface area contributed by atoms with Crippen molar-refractivity contribution in [2.24, 2.45) is 0 Å². The van der Waals surface area contributed by atoms with E-state index in [4.69, 9.17) is 8.85 Å². The Kier molecular flexibility index (Phi) is 11.6. The summed E-state index contributed by atoms with van der Waals surface area (Å²) in [7, 11) is -4.11. The molecule has 0 fully saturated rings. The molecule has 0 amide bonds. The highest BCUT2D eigenvalue weighted by atomic mass is 28.4. The number of unbranched alkanes of at least 4 members (excludes halogenated alkanes) is 2. The van der Waals surface area contributed by atoms with Crippen molar-refractivity contribution in [2.75, 3.05) is 13.2 Å². The van der Waals surface area contributed by atoms with Crippen molar-refractivity contribution < 1.29 is 8.85 Å². The van der Waals surface area contributed by atoms with Crippen LogP contribution in [0.3, 0.4) is 0 Å². The van der Waals surface area contributed by atoms with E-state index < -0.39 is 16.6 Å². The molecule has 0 aliphatic rings. The van der Waals surface area contributed by atoms with Crippen LogP contribution < -0.4 is 10.4 Å². The largest absolute Gasteiger partial charge is 0.412 e. The van der Waals surface area contributed by atoms with Crippen molar-refractivity contribution in [1.82, 2.24) is 0 Å². The van der Waals surface area contributed by atoms with Crippen LogP contribution in [0.2, 0.25) is 22.2 Å². The molecule has 0 unspecified atom stereocenters. The first-order valence-corrected chi connectivity index (χ1v) is 16.6. The third-order valence-corrected chi connectivity index (χ3v) is 17.6. The molecule has 1 aromatic rings. The summed E-state index contributed by atoms with van der Waals surface area (Å²) in [6.07, 6.45) is 4.67. The lowest BCUT2D eigenvalue weighted by Gasteiger charge is -2.41. The summed E-state index contributed by atoms with van der Waals surface area (Å²) >= 11 is 0. The van der Waals surface area contributed by atoms with Gasteiger partial charge in [0.25, 0.3) is 0 Å². The zero-order valence-corrected chi connectivity index (χ0v) is 23.7. The van der Waals surface area contributed by atoms with Crippen molar-refractivity contribution in [3.63, 3.8) is 0 Å². The molecule has 30 heavy (non-hydrogen) atoms. The molecule has 0 bridgehead atoms. The van der Waals surface area contributed by atoms with Crippen molar-refractivity contribution in [2.45, 2.75) is 117 Å². The zero-order chi connectivity index (χ0) is 22.9. The van der Waals surface area contributed by atoms with Gasteiger partial charge in [-0.2, -0.15) is 0 Å². The highest BCUT2D eigenvalue weighted by Crippen LogP contribution is 2.35. The maximum Gasteiger partial charge on any atom is 0.229 e. The van der Waals surface area contributed by atoms with E-state index in [2.05, 4.69) is 93.5 Å². The second-order valence-corrected chi connectivity index (χ2v) is 19.7. The molecule has 0 aromatic heterocycles. The molecule has 0 radical (unpaired) electrons. The van der Waals surface area contributed by atoms with Crippen molar-refractivity contribution in [3.8, 4) is 0 Å². The van der Waals surface area contributed by atoms with Gasteiger partial charge in [0.1, 0.15) is 0 Å². The molecule has 1 rings (SSSR count). The topological polar surface area (TPSA) is 18.5 Å². The maximum atomic E-state index is 6.80. The molecule has 0 heterocycles. The van der Waals surface area contributed by atoms with E-state index in [-0.39, 0.29) is 0 Å². The van der Waals surface area contributed by atoms with Gasteiger partial charge in [0.05, 0.1) is 0 Å². The zero-order valence-electron chi connectivity index (χ0n) is 21.7. The summed E-state index contributed by atoms with van der Waals surface area (Å²) in [5.74, 6) is 0. The van der Waals surface area contributed by atoms with Gasteiger partial charge in [0, 0.05) is 13.2 Å². The molecule has 0 aliphatic carbocycles. The van der Waals surface area contributed by atoms with Gasteiger partial charge in [-0.3, -0.25) is 0 Å². The summed E-state index contributed by atoms with van der Waals surface area (Å²) in [5, 5.41) is 2.91. The third kappa shape index (κ3) is 5.87. The van der Waals surface area contributed by atoms with E-state index in [1.165, 1.54) is 23.2 Å². The summed E-state index contributed by atoms with van der Waals surface area (Å²) in [5.41, 5.74) is 2.22. The fourth-order valence-electron chi connectivity index (χ4n) is 5.26. The molecular weight excluding hydrogens is 400 g/mol. The van der Waals surface area contributed by atoms with E-state index in [1.54, 1.807) is 0 Å². The Bertz CT molecular complexity index is 525. The lowest BCUT2D eigenvalue weighted by atomic mass is 10.4. The standard InChI is InChI=1S/C26H50O2Si2/c1-11-13-19-27-29(21(3)4,22(5)6)25-15-17-26(18-16-25)30(23(7)8,24(9)10)28-20-14-12-2/h15-18,21-24H,11-14,19-20H2,1-10H3. The fraction of sp³-hybridized carbons (Fsp3) is 0.769. The van der Waals surface area contributed by atoms with Crippen molar-refractivity contribution >= 4 is 27.0 Å². The van der Waals surface area contributed by atoms with E-state index in [1.807, 2.05) is 0 Å². The number of rotatable bonds is 14. The fourth-order valence-corrected chi connectivity index (χ4v) is 14.6. The van der Waals surface area contributed by atoms with Crippen LogP contribution in [0.25, 0.3) is 0 Å². The second kappa shape index (κ2) is 12.6. The van der Waals surface area contributed by atoms with Crippen molar-refractivity contribution in [3.05, 3.63) is 24.3 Å². The van der Waals surface area contributed by atoms with Crippen LogP contribution in [0, 0.1) is 0 Å². The first kappa shape index (κ1) is 27.6. The van der Waals surface area contributed by atoms with Crippen LogP contribution >= 0.6 is 0 Å². The minimum Gasteiger partial charge on any atom is -0.412 e. The summed E-state index contributed by atoms with van der Waals surface area (Å²) in [6.45, 7) is 25.2. The predicted molar refractivity (Wildman–Crippen MR) is 139 cm³/mol. The second-order valence-electron chi connectivity index (χ2n) is 10.2. The van der Waals surface area contributed by atoms with E-state index in [0.717, 1.165) is 26.1 Å². The Labute approximate surface area is 190 Å². The first-order chi connectivity index (χ1) is 14.1. The Balaban J connectivity index is 3.40. The van der Waals surface area contributed by atoms with Crippen LogP contribution in [0.15, 0.2) is 24.3 Å². The Morgan fingerprint density at radius 2 is 0.833 bits per heavy atom. The predicted octanol–water partition coefficient (Wildman–Crippen LogP) is 7.27. The van der Waals surface area contributed by atoms with Gasteiger partial charge in [-0.25, -0.2) is 0 Å². The normalized spacial score (nSPS) is 13.3. The van der Waals surface area contributed by atoms with Gasteiger partial charge in [-0.15, -0.1) is 0 Å². The van der Waals surface area contributed by atoms with E-state index in [9.17, 15) is 0 Å². The molecule has 2 nitrogen and oxygen atoms in total. The molecule has 0 saturated carbocycles. The van der Waals surface area contributed by atoms with Crippen LogP contribution in [0.4, 0.5) is 0 Å². The quantitative estimate of drug-likeness (QED) is 0.219. The Hall–Kier alpha value is -0.426. The minimum atomic E-state index is -2.06. The van der Waals surface area contributed by atoms with E-state index >= 15 is 0 Å². The number of benzene rings is 1. The molecule has 0 spiro atoms.